The standard InChI is InChI=1S/C26H29N3O2/c1-18-6-4-5-7-24(18)25(15-26(28-30)21-12-13-27-19(2)14-21)20-8-10-22(11-9-20)29-16-23(17-29)31-3/h4-14,23,25,30H,15-17H2,1-3H3/b28-26-/t25-/m1/s1. The smallest absolute Gasteiger partial charge is 0.0920 e. The summed E-state index contributed by atoms with van der Waals surface area (Å²) in [6.07, 6.45) is 2.68. The fraction of sp³-hybridized carbons (Fsp3) is 0.308. The molecule has 1 atom stereocenters. The van der Waals surface area contributed by atoms with Gasteiger partial charge in [-0.15, -0.1) is 0 Å². The van der Waals surface area contributed by atoms with Crippen molar-refractivity contribution in [1.82, 2.24) is 4.98 Å². The Labute approximate surface area is 184 Å². The van der Waals surface area contributed by atoms with Gasteiger partial charge in [0.15, 0.2) is 0 Å². The Morgan fingerprint density at radius 2 is 1.87 bits per heavy atom. The van der Waals surface area contributed by atoms with Crippen LogP contribution in [-0.2, 0) is 4.74 Å². The summed E-state index contributed by atoms with van der Waals surface area (Å²) in [7, 11) is 1.77. The summed E-state index contributed by atoms with van der Waals surface area (Å²) in [5.74, 6) is 0.0812. The van der Waals surface area contributed by atoms with Crippen LogP contribution in [0.25, 0.3) is 0 Å². The highest BCUT2D eigenvalue weighted by atomic mass is 16.5. The summed E-state index contributed by atoms with van der Waals surface area (Å²) in [6.45, 7) is 5.94. The Balaban J connectivity index is 1.64. The van der Waals surface area contributed by atoms with Crippen molar-refractivity contribution in [1.29, 1.82) is 0 Å². The van der Waals surface area contributed by atoms with Gasteiger partial charge in [-0.2, -0.15) is 0 Å². The van der Waals surface area contributed by atoms with E-state index in [-0.39, 0.29) is 5.92 Å². The maximum atomic E-state index is 9.84. The molecule has 4 rings (SSSR count). The molecule has 2 aromatic carbocycles. The van der Waals surface area contributed by atoms with E-state index in [0.29, 0.717) is 18.2 Å². The van der Waals surface area contributed by atoms with Crippen molar-refractivity contribution in [2.45, 2.75) is 32.3 Å². The number of anilines is 1. The third-order valence-electron chi connectivity index (χ3n) is 6.15. The lowest BCUT2D eigenvalue weighted by Gasteiger charge is -2.40. The van der Waals surface area contributed by atoms with Crippen LogP contribution in [0.1, 0.15) is 40.3 Å². The second kappa shape index (κ2) is 9.31. The van der Waals surface area contributed by atoms with Gasteiger partial charge in [0.1, 0.15) is 0 Å². The predicted octanol–water partition coefficient (Wildman–Crippen LogP) is 4.93. The highest BCUT2D eigenvalue weighted by Crippen LogP contribution is 2.33. The minimum absolute atomic E-state index is 0.0812. The number of ether oxygens (including phenoxy) is 1. The fourth-order valence-electron chi connectivity index (χ4n) is 4.24. The van der Waals surface area contributed by atoms with Crippen molar-refractivity contribution < 1.29 is 9.94 Å². The summed E-state index contributed by atoms with van der Waals surface area (Å²) in [5, 5.41) is 13.5. The van der Waals surface area contributed by atoms with Crippen LogP contribution in [0.2, 0.25) is 0 Å². The first-order chi connectivity index (χ1) is 15.1. The molecule has 5 nitrogen and oxygen atoms in total. The Morgan fingerprint density at radius 3 is 2.52 bits per heavy atom. The van der Waals surface area contributed by atoms with E-state index in [1.165, 1.54) is 22.4 Å². The number of oxime groups is 1. The third kappa shape index (κ3) is 4.62. The molecule has 1 aliphatic rings. The topological polar surface area (TPSA) is 58.0 Å². The molecule has 160 valence electrons. The zero-order chi connectivity index (χ0) is 21.8. The first-order valence-electron chi connectivity index (χ1n) is 10.7. The van der Waals surface area contributed by atoms with Crippen molar-refractivity contribution in [3.05, 3.63) is 94.8 Å². The van der Waals surface area contributed by atoms with Gasteiger partial charge < -0.3 is 14.8 Å². The molecule has 1 aromatic heterocycles. The zero-order valence-electron chi connectivity index (χ0n) is 18.3. The first-order valence-corrected chi connectivity index (χ1v) is 10.7. The monoisotopic (exact) mass is 415 g/mol. The highest BCUT2D eigenvalue weighted by molar-refractivity contribution is 6.01. The Bertz CT molecular complexity index is 1060. The lowest BCUT2D eigenvalue weighted by molar-refractivity contribution is 0.0788. The molecule has 1 fully saturated rings. The van der Waals surface area contributed by atoms with Crippen LogP contribution in [-0.4, -0.2) is 42.2 Å². The predicted molar refractivity (Wildman–Crippen MR) is 124 cm³/mol. The molecular formula is C26H29N3O2. The second-order valence-corrected chi connectivity index (χ2v) is 8.20. The van der Waals surface area contributed by atoms with E-state index in [1.54, 1.807) is 13.3 Å². The first kappa shape index (κ1) is 21.1. The number of methoxy groups -OCH3 is 1. The number of nitrogens with zero attached hydrogens (tertiary/aromatic N) is 3. The molecule has 0 bridgehead atoms. The van der Waals surface area contributed by atoms with Crippen LogP contribution >= 0.6 is 0 Å². The van der Waals surface area contributed by atoms with Crippen molar-refractivity contribution in [3.8, 4) is 0 Å². The van der Waals surface area contributed by atoms with Crippen LogP contribution in [0.15, 0.2) is 72.0 Å². The summed E-state index contributed by atoms with van der Waals surface area (Å²) in [5.41, 5.74) is 7.34. The van der Waals surface area contributed by atoms with Gasteiger partial charge in [0, 0.05) is 55.7 Å². The van der Waals surface area contributed by atoms with Gasteiger partial charge in [0.2, 0.25) is 0 Å². The van der Waals surface area contributed by atoms with Gasteiger partial charge in [-0.25, -0.2) is 0 Å². The number of rotatable bonds is 7. The SMILES string of the molecule is COC1CN(c2ccc([C@@H](C/C(=N/O)c3ccnc(C)c3)c3ccccc3C)cc2)C1. The van der Waals surface area contributed by atoms with Crippen LogP contribution in [0.5, 0.6) is 0 Å². The molecule has 1 N–H and O–H groups in total. The van der Waals surface area contributed by atoms with E-state index in [0.717, 1.165) is 24.3 Å². The van der Waals surface area contributed by atoms with Gasteiger partial charge >= 0.3 is 0 Å². The lowest BCUT2D eigenvalue weighted by Crippen LogP contribution is -2.51. The second-order valence-electron chi connectivity index (χ2n) is 8.20. The summed E-state index contributed by atoms with van der Waals surface area (Å²) in [6, 6.07) is 21.0. The molecular weight excluding hydrogens is 386 g/mol. The highest BCUT2D eigenvalue weighted by Gasteiger charge is 2.27. The largest absolute Gasteiger partial charge is 0.411 e. The molecule has 2 heterocycles. The van der Waals surface area contributed by atoms with Crippen molar-refractivity contribution in [2.24, 2.45) is 5.16 Å². The van der Waals surface area contributed by atoms with E-state index in [1.807, 2.05) is 19.1 Å². The molecule has 0 unspecified atom stereocenters. The number of hydrogen-bond acceptors (Lipinski definition) is 5. The molecule has 5 heteroatoms. The molecule has 0 radical (unpaired) electrons. The number of hydrogen-bond donors (Lipinski definition) is 1. The minimum Gasteiger partial charge on any atom is -0.411 e. The third-order valence-corrected chi connectivity index (χ3v) is 6.15. The molecule has 0 aliphatic carbocycles. The number of aromatic nitrogens is 1. The average Bonchev–Trinajstić information content (AvgIpc) is 2.75. The van der Waals surface area contributed by atoms with Crippen molar-refractivity contribution in [2.75, 3.05) is 25.1 Å². The van der Waals surface area contributed by atoms with Gasteiger partial charge in [-0.3, -0.25) is 4.98 Å². The van der Waals surface area contributed by atoms with Crippen LogP contribution in [0.4, 0.5) is 5.69 Å². The van der Waals surface area contributed by atoms with E-state index in [2.05, 4.69) is 70.5 Å². The maximum absolute atomic E-state index is 9.84. The van der Waals surface area contributed by atoms with E-state index in [9.17, 15) is 5.21 Å². The molecule has 1 saturated heterocycles. The molecule has 1 aliphatic heterocycles. The summed E-state index contributed by atoms with van der Waals surface area (Å²) in [4.78, 5) is 6.59. The molecule has 31 heavy (non-hydrogen) atoms. The maximum Gasteiger partial charge on any atom is 0.0920 e. The van der Waals surface area contributed by atoms with E-state index in [4.69, 9.17) is 4.74 Å². The zero-order valence-corrected chi connectivity index (χ0v) is 18.3. The lowest BCUT2D eigenvalue weighted by atomic mass is 9.83. The van der Waals surface area contributed by atoms with Crippen molar-refractivity contribution in [3.63, 3.8) is 0 Å². The van der Waals surface area contributed by atoms with Crippen LogP contribution in [0.3, 0.4) is 0 Å². The molecule has 0 amide bonds. The minimum atomic E-state index is 0.0812. The number of pyridine rings is 1. The molecule has 3 aromatic rings. The van der Waals surface area contributed by atoms with Crippen LogP contribution < -0.4 is 4.90 Å². The Morgan fingerprint density at radius 1 is 1.13 bits per heavy atom. The van der Waals surface area contributed by atoms with Gasteiger partial charge in [0.25, 0.3) is 0 Å². The molecule has 0 saturated carbocycles. The average molecular weight is 416 g/mol. The summed E-state index contributed by atoms with van der Waals surface area (Å²) < 4.78 is 5.39. The Kier molecular flexibility index (Phi) is 6.33. The number of aryl methyl sites for hydroxylation is 2. The van der Waals surface area contributed by atoms with Crippen LogP contribution in [0, 0.1) is 13.8 Å². The summed E-state index contributed by atoms with van der Waals surface area (Å²) >= 11 is 0. The quantitative estimate of drug-likeness (QED) is 0.338. The molecule has 0 spiro atoms. The Hall–Kier alpha value is -3.18. The van der Waals surface area contributed by atoms with Gasteiger partial charge in [-0.1, -0.05) is 41.6 Å². The van der Waals surface area contributed by atoms with Crippen molar-refractivity contribution >= 4 is 11.4 Å². The fourth-order valence-corrected chi connectivity index (χ4v) is 4.24. The normalized spacial score (nSPS) is 15.6. The van der Waals surface area contributed by atoms with Gasteiger partial charge in [-0.05, 0) is 54.8 Å². The number of benzene rings is 2. The van der Waals surface area contributed by atoms with E-state index >= 15 is 0 Å². The van der Waals surface area contributed by atoms with Gasteiger partial charge in [0.05, 0.1) is 11.8 Å². The van der Waals surface area contributed by atoms with E-state index < -0.39 is 0 Å².